The van der Waals surface area contributed by atoms with Gasteiger partial charge in [0.1, 0.15) is 17.6 Å². The number of rotatable bonds is 6. The normalized spacial score (nSPS) is 9.95. The molecule has 21 heavy (non-hydrogen) atoms. The van der Waals surface area contributed by atoms with Gasteiger partial charge in [0.15, 0.2) is 0 Å². The predicted molar refractivity (Wildman–Crippen MR) is 81.2 cm³/mol. The third-order valence-electron chi connectivity index (χ3n) is 3.20. The van der Waals surface area contributed by atoms with Gasteiger partial charge in [0, 0.05) is 13.1 Å². The fraction of sp³-hybridized carbons (Fsp3) is 0.235. The first-order valence-corrected chi connectivity index (χ1v) is 6.67. The van der Waals surface area contributed by atoms with Gasteiger partial charge in [-0.15, -0.1) is 0 Å². The first-order chi connectivity index (χ1) is 10.3. The molecule has 0 aliphatic heterocycles. The molecule has 0 saturated heterocycles. The van der Waals surface area contributed by atoms with Crippen molar-refractivity contribution in [2.45, 2.75) is 13.1 Å². The van der Waals surface area contributed by atoms with E-state index >= 15 is 0 Å². The number of benzene rings is 2. The highest BCUT2D eigenvalue weighted by Gasteiger charge is 2.03. The molecule has 0 bridgehead atoms. The molecule has 2 aromatic carbocycles. The van der Waals surface area contributed by atoms with E-state index in [9.17, 15) is 0 Å². The molecule has 108 valence electrons. The molecule has 2 rings (SSSR count). The molecule has 0 aliphatic carbocycles. The Morgan fingerprint density at radius 3 is 2.24 bits per heavy atom. The summed E-state index contributed by atoms with van der Waals surface area (Å²) < 4.78 is 10.3. The number of hydrogen-bond donors (Lipinski definition) is 1. The molecule has 4 heteroatoms. The van der Waals surface area contributed by atoms with E-state index in [1.54, 1.807) is 20.3 Å². The van der Waals surface area contributed by atoms with Crippen molar-refractivity contribution in [3.8, 4) is 17.6 Å². The second-order valence-electron chi connectivity index (χ2n) is 4.60. The quantitative estimate of drug-likeness (QED) is 0.885. The average Bonchev–Trinajstić information content (AvgIpc) is 2.55. The molecule has 0 heterocycles. The summed E-state index contributed by atoms with van der Waals surface area (Å²) >= 11 is 0. The van der Waals surface area contributed by atoms with E-state index in [1.807, 2.05) is 36.4 Å². The fourth-order valence-corrected chi connectivity index (χ4v) is 2.03. The van der Waals surface area contributed by atoms with Crippen LogP contribution in [0.15, 0.2) is 42.5 Å². The minimum Gasteiger partial charge on any atom is -0.497 e. The summed E-state index contributed by atoms with van der Waals surface area (Å²) in [5.74, 6) is 1.47. The van der Waals surface area contributed by atoms with Gasteiger partial charge in [0.2, 0.25) is 0 Å². The third kappa shape index (κ3) is 3.98. The average molecular weight is 282 g/mol. The van der Waals surface area contributed by atoms with E-state index in [1.165, 1.54) is 5.56 Å². The Kier molecular flexibility index (Phi) is 5.19. The first-order valence-electron chi connectivity index (χ1n) is 6.67. The molecular weight excluding hydrogens is 264 g/mol. The monoisotopic (exact) mass is 282 g/mol. The summed E-state index contributed by atoms with van der Waals surface area (Å²) in [5, 5.41) is 12.3. The molecule has 0 saturated carbocycles. The van der Waals surface area contributed by atoms with Crippen molar-refractivity contribution < 1.29 is 9.47 Å². The Morgan fingerprint density at radius 2 is 1.62 bits per heavy atom. The lowest BCUT2D eigenvalue weighted by atomic mass is 10.1. The molecule has 0 unspecified atom stereocenters. The number of ether oxygens (including phenoxy) is 2. The fourth-order valence-electron chi connectivity index (χ4n) is 2.03. The minimum atomic E-state index is 0.552. The molecule has 4 nitrogen and oxygen atoms in total. The van der Waals surface area contributed by atoms with E-state index in [-0.39, 0.29) is 0 Å². The summed E-state index contributed by atoms with van der Waals surface area (Å²) in [6, 6.07) is 15.7. The summed E-state index contributed by atoms with van der Waals surface area (Å²) in [7, 11) is 3.23. The number of methoxy groups -OCH3 is 2. The van der Waals surface area contributed by atoms with Gasteiger partial charge in [-0.3, -0.25) is 0 Å². The highest BCUT2D eigenvalue weighted by atomic mass is 16.5. The van der Waals surface area contributed by atoms with E-state index in [2.05, 4.69) is 11.4 Å². The lowest BCUT2D eigenvalue weighted by Gasteiger charge is -2.08. The number of nitriles is 1. The number of nitrogens with one attached hydrogen (secondary N) is 1. The number of hydrogen-bond acceptors (Lipinski definition) is 4. The first kappa shape index (κ1) is 14.9. The maximum absolute atomic E-state index is 8.95. The van der Waals surface area contributed by atoms with E-state index in [0.29, 0.717) is 17.9 Å². The predicted octanol–water partition coefficient (Wildman–Crippen LogP) is 2.87. The lowest BCUT2D eigenvalue weighted by Crippen LogP contribution is -2.12. The molecule has 0 amide bonds. The van der Waals surface area contributed by atoms with Crippen LogP contribution in [0.3, 0.4) is 0 Å². The Bertz CT molecular complexity index is 630. The Balaban J connectivity index is 1.92. The van der Waals surface area contributed by atoms with Crippen LogP contribution in [-0.4, -0.2) is 14.2 Å². The zero-order chi connectivity index (χ0) is 15.1. The highest BCUT2D eigenvalue weighted by molar-refractivity contribution is 5.45. The van der Waals surface area contributed by atoms with Crippen LogP contribution in [0.5, 0.6) is 11.5 Å². The number of nitrogens with zero attached hydrogens (tertiary/aromatic N) is 1. The zero-order valence-corrected chi connectivity index (χ0v) is 12.2. The summed E-state index contributed by atoms with van der Waals surface area (Å²) in [6.07, 6.45) is 0. The molecule has 1 N–H and O–H groups in total. The minimum absolute atomic E-state index is 0.552. The molecule has 0 aliphatic rings. The van der Waals surface area contributed by atoms with E-state index in [0.717, 1.165) is 17.9 Å². The zero-order valence-electron chi connectivity index (χ0n) is 12.2. The van der Waals surface area contributed by atoms with Crippen LogP contribution in [0.4, 0.5) is 0 Å². The van der Waals surface area contributed by atoms with Gasteiger partial charge in [-0.05, 0) is 35.4 Å². The molecule has 0 aromatic heterocycles. The van der Waals surface area contributed by atoms with Gasteiger partial charge in [-0.2, -0.15) is 5.26 Å². The SMILES string of the molecule is COc1ccc(CNCc2ccc(C#N)c(OC)c2)cc1. The molecule has 0 spiro atoms. The van der Waals surface area contributed by atoms with Crippen LogP contribution in [0.2, 0.25) is 0 Å². The Hall–Kier alpha value is -2.51. The van der Waals surface area contributed by atoms with Crippen LogP contribution in [0, 0.1) is 11.3 Å². The standard InChI is InChI=1S/C17H18N2O2/c1-20-16-7-4-13(5-8-16)11-19-12-14-3-6-15(10-18)17(9-14)21-2/h3-9,19H,11-12H2,1-2H3. The maximum atomic E-state index is 8.95. The van der Waals surface area contributed by atoms with Gasteiger partial charge in [0.05, 0.1) is 19.8 Å². The van der Waals surface area contributed by atoms with Crippen molar-refractivity contribution in [2.75, 3.05) is 14.2 Å². The maximum Gasteiger partial charge on any atom is 0.136 e. The molecule has 2 aromatic rings. The Morgan fingerprint density at radius 1 is 0.952 bits per heavy atom. The highest BCUT2D eigenvalue weighted by Crippen LogP contribution is 2.19. The Labute approximate surface area is 124 Å². The van der Waals surface area contributed by atoms with Crippen molar-refractivity contribution >= 4 is 0 Å². The molecular formula is C17H18N2O2. The van der Waals surface area contributed by atoms with Crippen molar-refractivity contribution in [3.63, 3.8) is 0 Å². The van der Waals surface area contributed by atoms with Gasteiger partial charge >= 0.3 is 0 Å². The largest absolute Gasteiger partial charge is 0.497 e. The van der Waals surface area contributed by atoms with Gasteiger partial charge in [0.25, 0.3) is 0 Å². The summed E-state index contributed by atoms with van der Waals surface area (Å²) in [6.45, 7) is 1.49. The lowest BCUT2D eigenvalue weighted by molar-refractivity contribution is 0.412. The smallest absolute Gasteiger partial charge is 0.136 e. The van der Waals surface area contributed by atoms with Crippen LogP contribution in [0.25, 0.3) is 0 Å². The summed E-state index contributed by atoms with van der Waals surface area (Å²) in [5.41, 5.74) is 2.83. The topological polar surface area (TPSA) is 54.3 Å². The van der Waals surface area contributed by atoms with Gasteiger partial charge in [-0.25, -0.2) is 0 Å². The summed E-state index contributed by atoms with van der Waals surface area (Å²) in [4.78, 5) is 0. The molecule has 0 radical (unpaired) electrons. The third-order valence-corrected chi connectivity index (χ3v) is 3.20. The van der Waals surface area contributed by atoms with Crippen molar-refractivity contribution in [1.82, 2.24) is 5.32 Å². The van der Waals surface area contributed by atoms with Crippen molar-refractivity contribution in [1.29, 1.82) is 5.26 Å². The van der Waals surface area contributed by atoms with Crippen LogP contribution in [0.1, 0.15) is 16.7 Å². The van der Waals surface area contributed by atoms with Crippen molar-refractivity contribution in [3.05, 3.63) is 59.2 Å². The second-order valence-corrected chi connectivity index (χ2v) is 4.60. The van der Waals surface area contributed by atoms with Crippen LogP contribution in [-0.2, 0) is 13.1 Å². The van der Waals surface area contributed by atoms with E-state index < -0.39 is 0 Å². The van der Waals surface area contributed by atoms with Crippen molar-refractivity contribution in [2.24, 2.45) is 0 Å². The van der Waals surface area contributed by atoms with Gasteiger partial charge < -0.3 is 14.8 Å². The van der Waals surface area contributed by atoms with Crippen LogP contribution < -0.4 is 14.8 Å². The van der Waals surface area contributed by atoms with E-state index in [4.69, 9.17) is 14.7 Å². The molecule has 0 atom stereocenters. The molecule has 0 fully saturated rings. The van der Waals surface area contributed by atoms with Crippen LogP contribution >= 0.6 is 0 Å². The second kappa shape index (κ2) is 7.32. The van der Waals surface area contributed by atoms with Gasteiger partial charge in [-0.1, -0.05) is 18.2 Å².